The minimum absolute atomic E-state index is 0. The number of nitrogens with one attached hydrogen (secondary N) is 2. The summed E-state index contributed by atoms with van der Waals surface area (Å²) >= 11 is 1.48. The lowest BCUT2D eigenvalue weighted by atomic mass is 9.99. The van der Waals surface area contributed by atoms with E-state index in [0.29, 0.717) is 12.5 Å². The summed E-state index contributed by atoms with van der Waals surface area (Å²) in [5.74, 6) is 0.319. The van der Waals surface area contributed by atoms with Gasteiger partial charge in [0.25, 0.3) is 0 Å². The van der Waals surface area contributed by atoms with Crippen LogP contribution in [0.4, 0.5) is 13.2 Å². The van der Waals surface area contributed by atoms with Gasteiger partial charge in [-0.3, -0.25) is 4.68 Å². The summed E-state index contributed by atoms with van der Waals surface area (Å²) in [6, 6.07) is 1.82. The number of aryl methyl sites for hydroxylation is 1. The Morgan fingerprint density at radius 1 is 1.37 bits per heavy atom. The molecule has 11 heteroatoms. The first-order chi connectivity index (χ1) is 12.1. The summed E-state index contributed by atoms with van der Waals surface area (Å²) in [7, 11) is 1.43. The molecule has 1 unspecified atom stereocenters. The van der Waals surface area contributed by atoms with Gasteiger partial charge in [0.2, 0.25) is 0 Å². The van der Waals surface area contributed by atoms with Crippen molar-refractivity contribution in [1.82, 2.24) is 20.4 Å². The highest BCUT2D eigenvalue weighted by molar-refractivity contribution is 14.0. The van der Waals surface area contributed by atoms with Crippen LogP contribution in [-0.4, -0.2) is 33.9 Å². The Balaban J connectivity index is 0.00000364. The number of aliphatic imine (C=N–C) groups is 1. The van der Waals surface area contributed by atoms with Crippen LogP contribution >= 0.6 is 35.3 Å². The molecule has 0 aromatic carbocycles. The van der Waals surface area contributed by atoms with Gasteiger partial charge in [0.05, 0.1) is 13.1 Å². The maximum Gasteiger partial charge on any atom is 0.435 e. The maximum atomic E-state index is 13.0. The first-order valence-electron chi connectivity index (χ1n) is 8.00. The molecule has 0 fully saturated rings. The fraction of sp³-hybridized carbons (Fsp3) is 0.500. The second-order valence-corrected chi connectivity index (χ2v) is 6.79. The van der Waals surface area contributed by atoms with E-state index < -0.39 is 17.5 Å². The van der Waals surface area contributed by atoms with Crippen molar-refractivity contribution in [3.05, 3.63) is 39.8 Å². The second kappa shape index (κ2) is 9.73. The zero-order valence-corrected chi connectivity index (χ0v) is 18.3. The van der Waals surface area contributed by atoms with Gasteiger partial charge in [-0.15, -0.1) is 24.0 Å². The average molecular weight is 517 g/mol. The van der Waals surface area contributed by atoms with Gasteiger partial charge in [-0.2, -0.15) is 29.6 Å². The molecular formula is C16H23F3IN5OS. The van der Waals surface area contributed by atoms with Gasteiger partial charge in [0.1, 0.15) is 5.60 Å². The second-order valence-electron chi connectivity index (χ2n) is 6.01. The van der Waals surface area contributed by atoms with Gasteiger partial charge >= 0.3 is 6.18 Å². The van der Waals surface area contributed by atoms with Crippen molar-refractivity contribution < 1.29 is 18.3 Å². The van der Waals surface area contributed by atoms with Gasteiger partial charge in [-0.05, 0) is 36.2 Å². The molecule has 0 bridgehead atoms. The first kappa shape index (κ1) is 23.7. The number of hydrogen-bond donors (Lipinski definition) is 3. The molecule has 27 heavy (non-hydrogen) atoms. The normalized spacial score (nSPS) is 14.4. The molecule has 2 heterocycles. The average Bonchev–Trinajstić information content (AvgIpc) is 3.19. The predicted octanol–water partition coefficient (Wildman–Crippen LogP) is 3.08. The molecule has 0 radical (unpaired) electrons. The standard InChI is InChI=1S/C16H22F3N5OS.HI/c1-4-20-14(22-10-15(2,25)12-5-6-26-9-12)21-7-11-8-24(3)23-13(11)16(17,18)19;/h5-6,8-9,25H,4,7,10H2,1-3H3,(H2,20,21,22);1H. The van der Waals surface area contributed by atoms with E-state index in [0.717, 1.165) is 10.2 Å². The molecule has 0 spiro atoms. The zero-order chi connectivity index (χ0) is 19.4. The lowest BCUT2D eigenvalue weighted by Crippen LogP contribution is -2.44. The Morgan fingerprint density at radius 3 is 2.63 bits per heavy atom. The SMILES string of the molecule is CCNC(=NCc1cn(C)nc1C(F)(F)F)NCC(C)(O)c1ccsc1.I. The molecular weight excluding hydrogens is 494 g/mol. The van der Waals surface area contributed by atoms with E-state index in [2.05, 4.69) is 20.7 Å². The molecule has 3 N–H and O–H groups in total. The van der Waals surface area contributed by atoms with Gasteiger partial charge in [0.15, 0.2) is 11.7 Å². The summed E-state index contributed by atoms with van der Waals surface area (Å²) in [6.07, 6.45) is -3.22. The Kier molecular flexibility index (Phi) is 8.54. The lowest BCUT2D eigenvalue weighted by molar-refractivity contribution is -0.142. The van der Waals surface area contributed by atoms with Gasteiger partial charge in [-0.25, -0.2) is 4.99 Å². The summed E-state index contributed by atoms with van der Waals surface area (Å²) < 4.78 is 40.1. The van der Waals surface area contributed by atoms with E-state index in [9.17, 15) is 18.3 Å². The summed E-state index contributed by atoms with van der Waals surface area (Å²) in [4.78, 5) is 4.19. The number of thiophene rings is 1. The summed E-state index contributed by atoms with van der Waals surface area (Å²) in [6.45, 7) is 4.02. The van der Waals surface area contributed by atoms with Crippen LogP contribution in [0.25, 0.3) is 0 Å². The molecule has 0 saturated carbocycles. The fourth-order valence-corrected chi connectivity index (χ4v) is 3.11. The number of guanidine groups is 1. The van der Waals surface area contributed by atoms with Crippen LogP contribution < -0.4 is 10.6 Å². The topological polar surface area (TPSA) is 74.5 Å². The van der Waals surface area contributed by atoms with Crippen LogP contribution in [0, 0.1) is 0 Å². The number of halogens is 4. The lowest BCUT2D eigenvalue weighted by Gasteiger charge is -2.24. The third kappa shape index (κ3) is 6.64. The largest absolute Gasteiger partial charge is 0.435 e. The molecule has 6 nitrogen and oxygen atoms in total. The zero-order valence-electron chi connectivity index (χ0n) is 15.2. The van der Waals surface area contributed by atoms with Crippen molar-refractivity contribution in [1.29, 1.82) is 0 Å². The number of alkyl halides is 3. The van der Waals surface area contributed by atoms with Crippen LogP contribution in [0.2, 0.25) is 0 Å². The summed E-state index contributed by atoms with van der Waals surface area (Å²) in [5, 5.41) is 23.6. The molecule has 1 atom stereocenters. The molecule has 2 aromatic heterocycles. The van der Waals surface area contributed by atoms with Crippen molar-refractivity contribution >= 4 is 41.3 Å². The number of aromatic nitrogens is 2. The smallest absolute Gasteiger partial charge is 0.384 e. The highest BCUT2D eigenvalue weighted by Crippen LogP contribution is 2.30. The van der Waals surface area contributed by atoms with E-state index in [1.54, 1.807) is 6.92 Å². The molecule has 0 amide bonds. The van der Waals surface area contributed by atoms with Crippen molar-refractivity contribution in [3.63, 3.8) is 0 Å². The number of nitrogens with zero attached hydrogens (tertiary/aromatic N) is 3. The van der Waals surface area contributed by atoms with Crippen LogP contribution in [0.3, 0.4) is 0 Å². The fourth-order valence-electron chi connectivity index (χ4n) is 2.33. The predicted molar refractivity (Wildman–Crippen MR) is 110 cm³/mol. The maximum absolute atomic E-state index is 13.0. The van der Waals surface area contributed by atoms with Gasteiger partial charge in [0, 0.05) is 25.4 Å². The number of aliphatic hydroxyl groups is 1. The Hall–Kier alpha value is -1.34. The van der Waals surface area contributed by atoms with Crippen molar-refractivity contribution in [3.8, 4) is 0 Å². The van der Waals surface area contributed by atoms with E-state index in [-0.39, 0.29) is 42.6 Å². The van der Waals surface area contributed by atoms with Crippen molar-refractivity contribution in [2.75, 3.05) is 13.1 Å². The van der Waals surface area contributed by atoms with Crippen molar-refractivity contribution in [2.45, 2.75) is 32.2 Å². The highest BCUT2D eigenvalue weighted by atomic mass is 127. The van der Waals surface area contributed by atoms with Crippen LogP contribution in [-0.2, 0) is 25.4 Å². The third-order valence-corrected chi connectivity index (χ3v) is 4.35. The number of hydrogen-bond acceptors (Lipinski definition) is 4. The van der Waals surface area contributed by atoms with Crippen LogP contribution in [0.15, 0.2) is 28.0 Å². The molecule has 2 aromatic rings. The molecule has 0 aliphatic heterocycles. The van der Waals surface area contributed by atoms with Crippen LogP contribution in [0.5, 0.6) is 0 Å². The highest BCUT2D eigenvalue weighted by Gasteiger charge is 2.36. The summed E-state index contributed by atoms with van der Waals surface area (Å²) in [5.41, 5.74) is -1.31. The monoisotopic (exact) mass is 517 g/mol. The molecule has 0 aliphatic carbocycles. The van der Waals surface area contributed by atoms with E-state index >= 15 is 0 Å². The molecule has 152 valence electrons. The van der Waals surface area contributed by atoms with Gasteiger partial charge < -0.3 is 15.7 Å². The molecule has 0 saturated heterocycles. The van der Waals surface area contributed by atoms with E-state index in [1.165, 1.54) is 24.6 Å². The third-order valence-electron chi connectivity index (χ3n) is 3.67. The molecule has 0 aliphatic rings. The van der Waals surface area contributed by atoms with Crippen molar-refractivity contribution in [2.24, 2.45) is 12.0 Å². The number of rotatable bonds is 6. The minimum atomic E-state index is -4.53. The van der Waals surface area contributed by atoms with E-state index in [4.69, 9.17) is 0 Å². The molecule has 2 rings (SSSR count). The Labute approximate surface area is 176 Å². The first-order valence-corrected chi connectivity index (χ1v) is 8.94. The minimum Gasteiger partial charge on any atom is -0.384 e. The quantitative estimate of drug-likeness (QED) is 0.313. The Bertz CT molecular complexity index is 744. The van der Waals surface area contributed by atoms with Gasteiger partial charge in [-0.1, -0.05) is 0 Å². The Morgan fingerprint density at radius 2 is 2.07 bits per heavy atom. The van der Waals surface area contributed by atoms with Crippen LogP contribution in [0.1, 0.15) is 30.7 Å². The van der Waals surface area contributed by atoms with E-state index in [1.807, 2.05) is 23.8 Å².